The molecule has 10 heteroatoms. The fourth-order valence-corrected chi connectivity index (χ4v) is 3.44. The molecule has 1 heterocycles. The summed E-state index contributed by atoms with van der Waals surface area (Å²) in [5.41, 5.74) is -0.118. The van der Waals surface area contributed by atoms with Crippen molar-refractivity contribution in [1.29, 1.82) is 0 Å². The number of hydrogen-bond acceptors (Lipinski definition) is 5. The van der Waals surface area contributed by atoms with E-state index in [4.69, 9.17) is 5.14 Å². The van der Waals surface area contributed by atoms with Gasteiger partial charge in [-0.05, 0) is 12.1 Å². The molecule has 0 radical (unpaired) electrons. The van der Waals surface area contributed by atoms with Crippen LogP contribution in [0.1, 0.15) is 12.7 Å². The van der Waals surface area contributed by atoms with Crippen LogP contribution in [0.2, 0.25) is 0 Å². The van der Waals surface area contributed by atoms with Crippen LogP contribution in [-0.4, -0.2) is 26.8 Å². The standard InChI is InChI=1S/C11H14N4O4S2/c1-2-10-13-7-11(14-10)21(18,19)15-8-5-3-4-6-9(8)20(12,16)17/h3-7,15H,2H2,1H3,(H,13,14)(H2,12,16,17). The van der Waals surface area contributed by atoms with Crippen LogP contribution in [0.5, 0.6) is 0 Å². The average molecular weight is 330 g/mol. The molecule has 0 aliphatic heterocycles. The Labute approximate surface area is 122 Å². The first-order chi connectivity index (χ1) is 9.74. The lowest BCUT2D eigenvalue weighted by atomic mass is 10.3. The maximum absolute atomic E-state index is 12.2. The highest BCUT2D eigenvalue weighted by Gasteiger charge is 2.21. The van der Waals surface area contributed by atoms with Gasteiger partial charge in [0.2, 0.25) is 10.0 Å². The van der Waals surface area contributed by atoms with Gasteiger partial charge in [0.15, 0.2) is 5.03 Å². The van der Waals surface area contributed by atoms with Crippen LogP contribution in [0.25, 0.3) is 0 Å². The molecule has 21 heavy (non-hydrogen) atoms. The molecule has 0 saturated heterocycles. The smallest absolute Gasteiger partial charge is 0.279 e. The van der Waals surface area contributed by atoms with E-state index in [0.717, 1.165) is 0 Å². The summed E-state index contributed by atoms with van der Waals surface area (Å²) < 4.78 is 49.5. The Bertz CT molecular complexity index is 856. The first-order valence-corrected chi connectivity index (χ1v) is 8.95. The van der Waals surface area contributed by atoms with Crippen LogP contribution in [0.4, 0.5) is 5.69 Å². The predicted molar refractivity (Wildman–Crippen MR) is 76.6 cm³/mol. The lowest BCUT2D eigenvalue weighted by molar-refractivity contribution is 0.597. The zero-order valence-electron chi connectivity index (χ0n) is 11.1. The maximum atomic E-state index is 12.2. The number of primary sulfonamides is 1. The number of aryl methyl sites for hydroxylation is 1. The Morgan fingerprint density at radius 2 is 1.90 bits per heavy atom. The van der Waals surface area contributed by atoms with E-state index in [0.29, 0.717) is 12.2 Å². The van der Waals surface area contributed by atoms with E-state index < -0.39 is 20.0 Å². The molecule has 0 amide bonds. The monoisotopic (exact) mass is 330 g/mol. The number of imidazole rings is 1. The van der Waals surface area contributed by atoms with Crippen LogP contribution in [0.3, 0.4) is 0 Å². The molecular weight excluding hydrogens is 316 g/mol. The Morgan fingerprint density at radius 1 is 1.24 bits per heavy atom. The second-order valence-electron chi connectivity index (χ2n) is 4.19. The molecule has 1 aromatic heterocycles. The molecular formula is C11H14N4O4S2. The van der Waals surface area contributed by atoms with Crippen molar-refractivity contribution >= 4 is 25.7 Å². The van der Waals surface area contributed by atoms with Crippen molar-refractivity contribution in [2.24, 2.45) is 5.14 Å². The number of rotatable bonds is 5. The van der Waals surface area contributed by atoms with Gasteiger partial charge in [0.05, 0.1) is 11.9 Å². The van der Waals surface area contributed by atoms with E-state index in [1.165, 1.54) is 30.5 Å². The van der Waals surface area contributed by atoms with Crippen molar-refractivity contribution < 1.29 is 16.8 Å². The number of nitrogens with zero attached hydrogens (tertiary/aromatic N) is 1. The highest BCUT2D eigenvalue weighted by molar-refractivity contribution is 7.93. The van der Waals surface area contributed by atoms with Crippen molar-refractivity contribution in [1.82, 2.24) is 9.97 Å². The summed E-state index contributed by atoms with van der Waals surface area (Å²) in [6.07, 6.45) is 1.71. The molecule has 0 unspecified atom stereocenters. The number of aromatic amines is 1. The van der Waals surface area contributed by atoms with Gasteiger partial charge in [-0.25, -0.2) is 18.5 Å². The van der Waals surface area contributed by atoms with Crippen LogP contribution < -0.4 is 9.86 Å². The minimum atomic E-state index is -4.04. The summed E-state index contributed by atoms with van der Waals surface area (Å²) >= 11 is 0. The van der Waals surface area contributed by atoms with Gasteiger partial charge in [-0.1, -0.05) is 19.1 Å². The molecule has 0 spiro atoms. The van der Waals surface area contributed by atoms with E-state index in [-0.39, 0.29) is 15.6 Å². The summed E-state index contributed by atoms with van der Waals surface area (Å²) in [6, 6.07) is 5.48. The average Bonchev–Trinajstić information content (AvgIpc) is 2.87. The molecule has 2 rings (SSSR count). The van der Waals surface area contributed by atoms with Crippen LogP contribution in [0.15, 0.2) is 40.4 Å². The van der Waals surface area contributed by atoms with Crippen molar-refractivity contribution in [3.63, 3.8) is 0 Å². The van der Waals surface area contributed by atoms with Gasteiger partial charge in [-0.15, -0.1) is 0 Å². The van der Waals surface area contributed by atoms with Crippen LogP contribution in [-0.2, 0) is 26.5 Å². The number of benzene rings is 1. The Kier molecular flexibility index (Phi) is 4.03. The predicted octanol–water partition coefficient (Wildman–Crippen LogP) is 0.420. The van der Waals surface area contributed by atoms with Crippen LogP contribution >= 0.6 is 0 Å². The molecule has 0 fully saturated rings. The van der Waals surface area contributed by atoms with Crippen molar-refractivity contribution in [2.75, 3.05) is 4.72 Å². The third kappa shape index (κ3) is 3.40. The van der Waals surface area contributed by atoms with Crippen molar-refractivity contribution in [2.45, 2.75) is 23.3 Å². The number of aromatic nitrogens is 2. The molecule has 4 N–H and O–H groups in total. The molecule has 0 bridgehead atoms. The van der Waals surface area contributed by atoms with Crippen molar-refractivity contribution in [3.8, 4) is 0 Å². The summed E-state index contributed by atoms with van der Waals surface area (Å²) in [6.45, 7) is 1.82. The van der Waals surface area contributed by atoms with E-state index >= 15 is 0 Å². The molecule has 0 aliphatic carbocycles. The topological polar surface area (TPSA) is 135 Å². The fourth-order valence-electron chi connectivity index (χ4n) is 1.66. The van der Waals surface area contributed by atoms with E-state index in [1.54, 1.807) is 0 Å². The second-order valence-corrected chi connectivity index (χ2v) is 7.38. The number of nitrogens with two attached hydrogens (primary N) is 1. The number of hydrogen-bond donors (Lipinski definition) is 3. The lowest BCUT2D eigenvalue weighted by Gasteiger charge is -2.09. The summed E-state index contributed by atoms with van der Waals surface area (Å²) in [5.74, 6) is 0.509. The number of H-pyrrole nitrogens is 1. The largest absolute Gasteiger partial charge is 0.332 e. The van der Waals surface area contributed by atoms with Gasteiger partial charge in [-0.2, -0.15) is 8.42 Å². The molecule has 8 nitrogen and oxygen atoms in total. The summed E-state index contributed by atoms with van der Waals surface area (Å²) in [5, 5.41) is 4.91. The van der Waals surface area contributed by atoms with Gasteiger partial charge in [0, 0.05) is 6.42 Å². The number of sulfonamides is 2. The first kappa shape index (κ1) is 15.5. The Morgan fingerprint density at radius 3 is 2.48 bits per heavy atom. The molecule has 0 aliphatic rings. The number of para-hydroxylation sites is 1. The van der Waals surface area contributed by atoms with E-state index in [2.05, 4.69) is 14.7 Å². The highest BCUT2D eigenvalue weighted by Crippen LogP contribution is 2.22. The van der Waals surface area contributed by atoms with Crippen LogP contribution in [0, 0.1) is 0 Å². The molecule has 1 aromatic carbocycles. The molecule has 2 aromatic rings. The minimum Gasteiger partial charge on any atom is -0.332 e. The van der Waals surface area contributed by atoms with Gasteiger partial charge < -0.3 is 4.98 Å². The van der Waals surface area contributed by atoms with Gasteiger partial charge in [-0.3, -0.25) is 4.72 Å². The highest BCUT2D eigenvalue weighted by atomic mass is 32.2. The quantitative estimate of drug-likeness (QED) is 0.730. The normalized spacial score (nSPS) is 12.3. The second kappa shape index (κ2) is 5.47. The zero-order valence-corrected chi connectivity index (χ0v) is 12.7. The van der Waals surface area contributed by atoms with Gasteiger partial charge >= 0.3 is 0 Å². The molecule has 114 valence electrons. The fraction of sp³-hybridized carbons (Fsp3) is 0.182. The summed E-state index contributed by atoms with van der Waals surface area (Å²) in [7, 11) is -8.01. The Hall–Kier alpha value is -1.91. The number of nitrogens with one attached hydrogen (secondary N) is 2. The molecule has 0 atom stereocenters. The van der Waals surface area contributed by atoms with E-state index in [1.807, 2.05) is 6.92 Å². The number of anilines is 1. The lowest BCUT2D eigenvalue weighted by Crippen LogP contribution is -2.19. The maximum Gasteiger partial charge on any atom is 0.279 e. The first-order valence-electron chi connectivity index (χ1n) is 5.92. The third-order valence-electron chi connectivity index (χ3n) is 2.67. The van der Waals surface area contributed by atoms with Gasteiger partial charge in [0.1, 0.15) is 10.7 Å². The SMILES string of the molecule is CCc1ncc(S(=O)(=O)Nc2ccccc2S(N)(=O)=O)[nH]1. The summed E-state index contributed by atoms with van der Waals surface area (Å²) in [4.78, 5) is 6.23. The van der Waals surface area contributed by atoms with E-state index in [9.17, 15) is 16.8 Å². The van der Waals surface area contributed by atoms with Crippen molar-refractivity contribution in [3.05, 3.63) is 36.3 Å². The Balaban J connectivity index is 2.42. The molecule has 0 saturated carbocycles. The zero-order chi connectivity index (χ0) is 15.7. The van der Waals surface area contributed by atoms with Gasteiger partial charge in [0.25, 0.3) is 10.0 Å². The third-order valence-corrected chi connectivity index (χ3v) is 4.91. The minimum absolute atomic E-state index is 0.118.